The lowest BCUT2D eigenvalue weighted by Gasteiger charge is -2.14. The van der Waals surface area contributed by atoms with Crippen molar-refractivity contribution in [3.05, 3.63) is 0 Å². The molecular weight excluding hydrogens is 278 g/mol. The van der Waals surface area contributed by atoms with E-state index in [0.29, 0.717) is 0 Å². The highest BCUT2D eigenvalue weighted by atomic mass is 31.2. The molecule has 0 saturated carbocycles. The highest BCUT2D eigenvalue weighted by Gasteiger charge is 2.38. The van der Waals surface area contributed by atoms with E-state index in [-0.39, 0.29) is 6.61 Å². The number of terminal acetylenes is 1. The molecule has 0 aromatic rings. The molecular formula is C8H11F3NO5P. The molecule has 0 spiro atoms. The van der Waals surface area contributed by atoms with Crippen molar-refractivity contribution in [3.8, 4) is 12.3 Å². The number of carbonyl (C=O) groups excluding carboxylic acids is 1. The number of phosphoric ester groups is 1. The number of hydrogen-bond acceptors (Lipinski definition) is 5. The zero-order valence-electron chi connectivity index (χ0n) is 9.32. The van der Waals surface area contributed by atoms with Crippen molar-refractivity contribution in [2.45, 2.75) is 6.18 Å². The second kappa shape index (κ2) is 7.38. The lowest BCUT2D eigenvalue weighted by atomic mass is 10.5. The molecule has 0 radical (unpaired) electrons. The first kappa shape index (κ1) is 16.9. The second-order valence-electron chi connectivity index (χ2n) is 2.69. The fourth-order valence-electron chi connectivity index (χ4n) is 0.681. The zero-order chi connectivity index (χ0) is 14.2. The Hall–Kier alpha value is -1.07. The van der Waals surface area contributed by atoms with Crippen molar-refractivity contribution in [2.75, 3.05) is 26.9 Å². The first-order valence-corrected chi connectivity index (χ1v) is 5.94. The molecule has 104 valence electrons. The number of phosphoric acid groups is 1. The maximum atomic E-state index is 11.8. The lowest BCUT2D eigenvalue weighted by Crippen LogP contribution is -2.38. The van der Waals surface area contributed by atoms with Crippen LogP contribution in [0, 0.1) is 12.3 Å². The van der Waals surface area contributed by atoms with Crippen LogP contribution in [0.1, 0.15) is 0 Å². The molecule has 0 aliphatic carbocycles. The van der Waals surface area contributed by atoms with Gasteiger partial charge in [0.15, 0.2) is 0 Å². The highest BCUT2D eigenvalue weighted by Crippen LogP contribution is 2.48. The number of rotatable bonds is 7. The molecule has 0 saturated heterocycles. The van der Waals surface area contributed by atoms with E-state index in [2.05, 4.69) is 13.6 Å². The number of carbonyl (C=O) groups is 1. The average Bonchev–Trinajstić information content (AvgIpc) is 2.30. The summed E-state index contributed by atoms with van der Waals surface area (Å²) in [7, 11) is -2.87. The number of amides is 1. The van der Waals surface area contributed by atoms with Gasteiger partial charge < -0.3 is 5.32 Å². The summed E-state index contributed by atoms with van der Waals surface area (Å²) in [6.07, 6.45) is -0.138. The zero-order valence-corrected chi connectivity index (χ0v) is 10.2. The molecule has 0 aliphatic heterocycles. The second-order valence-corrected chi connectivity index (χ2v) is 4.47. The van der Waals surface area contributed by atoms with Crippen LogP contribution in [0.4, 0.5) is 13.2 Å². The van der Waals surface area contributed by atoms with Gasteiger partial charge in [0.2, 0.25) is 0 Å². The summed E-state index contributed by atoms with van der Waals surface area (Å²) < 4.78 is 60.3. The van der Waals surface area contributed by atoms with Gasteiger partial charge in [-0.3, -0.25) is 18.4 Å². The van der Waals surface area contributed by atoms with E-state index in [1.807, 2.05) is 5.92 Å². The molecule has 0 aliphatic rings. The molecule has 1 unspecified atom stereocenters. The van der Waals surface area contributed by atoms with Crippen LogP contribution in [-0.4, -0.2) is 39.0 Å². The molecule has 1 atom stereocenters. The minimum Gasteiger partial charge on any atom is -0.346 e. The minimum atomic E-state index is -4.98. The van der Waals surface area contributed by atoms with Crippen LogP contribution >= 0.6 is 7.82 Å². The molecule has 18 heavy (non-hydrogen) atoms. The highest BCUT2D eigenvalue weighted by molar-refractivity contribution is 7.48. The molecule has 1 amide bonds. The van der Waals surface area contributed by atoms with E-state index in [9.17, 15) is 22.5 Å². The Balaban J connectivity index is 4.00. The molecule has 0 bridgehead atoms. The molecule has 0 fully saturated rings. The van der Waals surface area contributed by atoms with Crippen LogP contribution in [0.5, 0.6) is 0 Å². The van der Waals surface area contributed by atoms with Crippen LogP contribution in [0.25, 0.3) is 0 Å². The van der Waals surface area contributed by atoms with Gasteiger partial charge in [-0.05, 0) is 0 Å². The largest absolute Gasteiger partial charge is 0.475 e. The van der Waals surface area contributed by atoms with E-state index in [1.54, 1.807) is 0 Å². The van der Waals surface area contributed by atoms with Gasteiger partial charge in [-0.15, -0.1) is 6.42 Å². The fourth-order valence-corrected chi connectivity index (χ4v) is 1.51. The van der Waals surface area contributed by atoms with Crippen molar-refractivity contribution >= 4 is 13.7 Å². The van der Waals surface area contributed by atoms with Crippen molar-refractivity contribution in [3.63, 3.8) is 0 Å². The molecule has 0 aromatic carbocycles. The average molecular weight is 289 g/mol. The predicted octanol–water partition coefficient (Wildman–Crippen LogP) is 1.09. The summed E-state index contributed by atoms with van der Waals surface area (Å²) in [6.45, 7) is -1.34. The minimum absolute atomic E-state index is 0.347. The Morgan fingerprint density at radius 2 is 2.06 bits per heavy atom. The Bertz CT molecular complexity index is 365. The summed E-state index contributed by atoms with van der Waals surface area (Å²) in [6, 6.07) is 0. The topological polar surface area (TPSA) is 73.9 Å². The van der Waals surface area contributed by atoms with E-state index in [4.69, 9.17) is 6.42 Å². The van der Waals surface area contributed by atoms with Gasteiger partial charge >= 0.3 is 19.9 Å². The van der Waals surface area contributed by atoms with Crippen molar-refractivity contribution in [1.82, 2.24) is 5.32 Å². The number of alkyl halides is 3. The van der Waals surface area contributed by atoms with Gasteiger partial charge in [-0.1, -0.05) is 5.92 Å². The molecule has 10 heteroatoms. The summed E-state index contributed by atoms with van der Waals surface area (Å²) in [4.78, 5) is 10.4. The van der Waals surface area contributed by atoms with Crippen LogP contribution in [0.3, 0.4) is 0 Å². The van der Waals surface area contributed by atoms with Gasteiger partial charge in [-0.2, -0.15) is 13.2 Å². The fraction of sp³-hybridized carbons (Fsp3) is 0.625. The van der Waals surface area contributed by atoms with Crippen LogP contribution in [0.2, 0.25) is 0 Å². The van der Waals surface area contributed by atoms with Crippen molar-refractivity contribution in [1.29, 1.82) is 0 Å². The Labute approximate surface area is 101 Å². The first-order chi connectivity index (χ1) is 8.25. The molecule has 0 aromatic heterocycles. The monoisotopic (exact) mass is 289 g/mol. The third-order valence-corrected chi connectivity index (χ3v) is 2.82. The van der Waals surface area contributed by atoms with Gasteiger partial charge in [0.25, 0.3) is 0 Å². The summed E-state index contributed by atoms with van der Waals surface area (Å²) in [5.41, 5.74) is 0. The SMILES string of the molecule is C#CCOP(=O)(OC)OCCNC(=O)C(F)(F)F. The number of nitrogens with one attached hydrogen (secondary N) is 1. The summed E-state index contributed by atoms with van der Waals surface area (Å²) >= 11 is 0. The standard InChI is InChI=1S/C8H11F3NO5P/c1-3-5-16-18(14,15-2)17-6-4-12-7(13)8(9,10)11/h1H,4-6H2,2H3,(H,12,13). The van der Waals surface area contributed by atoms with Crippen LogP contribution in [-0.2, 0) is 22.9 Å². The molecule has 6 nitrogen and oxygen atoms in total. The van der Waals surface area contributed by atoms with Gasteiger partial charge in [0.05, 0.1) is 6.61 Å². The van der Waals surface area contributed by atoms with E-state index in [1.165, 1.54) is 5.32 Å². The maximum absolute atomic E-state index is 11.8. The third kappa shape index (κ3) is 6.61. The number of hydrogen-bond donors (Lipinski definition) is 1. The van der Waals surface area contributed by atoms with Crippen LogP contribution < -0.4 is 5.32 Å². The smallest absolute Gasteiger partial charge is 0.346 e. The Morgan fingerprint density at radius 1 is 1.44 bits per heavy atom. The quantitative estimate of drug-likeness (QED) is 0.431. The van der Waals surface area contributed by atoms with E-state index in [0.717, 1.165) is 7.11 Å². The predicted molar refractivity (Wildman–Crippen MR) is 54.4 cm³/mol. The lowest BCUT2D eigenvalue weighted by molar-refractivity contribution is -0.173. The molecule has 0 heterocycles. The molecule has 1 N–H and O–H groups in total. The Morgan fingerprint density at radius 3 is 2.50 bits per heavy atom. The molecule has 0 rings (SSSR count). The van der Waals surface area contributed by atoms with Crippen molar-refractivity contribution in [2.24, 2.45) is 0 Å². The normalized spacial score (nSPS) is 14.6. The van der Waals surface area contributed by atoms with Gasteiger partial charge in [0.1, 0.15) is 6.61 Å². The summed E-state index contributed by atoms with van der Waals surface area (Å²) in [5, 5.41) is 1.51. The van der Waals surface area contributed by atoms with Crippen molar-refractivity contribution < 1.29 is 36.1 Å². The third-order valence-electron chi connectivity index (χ3n) is 1.42. The first-order valence-electron chi connectivity index (χ1n) is 4.48. The van der Waals surface area contributed by atoms with Gasteiger partial charge in [0, 0.05) is 13.7 Å². The maximum Gasteiger partial charge on any atom is 0.475 e. The van der Waals surface area contributed by atoms with E-state index >= 15 is 0 Å². The van der Waals surface area contributed by atoms with Gasteiger partial charge in [-0.25, -0.2) is 4.57 Å². The van der Waals surface area contributed by atoms with E-state index < -0.39 is 33.1 Å². The Kier molecular flexibility index (Phi) is 6.94. The summed E-state index contributed by atoms with van der Waals surface area (Å²) in [5.74, 6) is -0.109. The number of halogens is 3. The van der Waals surface area contributed by atoms with Crippen LogP contribution in [0.15, 0.2) is 0 Å².